The van der Waals surface area contributed by atoms with Crippen molar-refractivity contribution < 1.29 is 28.2 Å². The van der Waals surface area contributed by atoms with E-state index in [-0.39, 0.29) is 35.8 Å². The van der Waals surface area contributed by atoms with E-state index >= 15 is 0 Å². The summed E-state index contributed by atoms with van der Waals surface area (Å²) >= 11 is 0. The zero-order chi connectivity index (χ0) is 26.5. The molecule has 1 aromatic carbocycles. The van der Waals surface area contributed by atoms with E-state index in [4.69, 9.17) is 0 Å². The number of fused-ring (bicyclic) bond motifs is 1. The van der Waals surface area contributed by atoms with Crippen LogP contribution in [-0.2, 0) is 10.2 Å². The highest BCUT2D eigenvalue weighted by atomic mass is 19.3. The van der Waals surface area contributed by atoms with Gasteiger partial charge in [-0.1, -0.05) is 75.6 Å². The second-order valence-electron chi connectivity index (χ2n) is 9.50. The standard InChI is InChI=1S/C29H35F2NO4/c1-6-9-11-21(10-7-2)24(33)18-23(16-20(5)19(4)8-3)32-27(34)28(14-15-28)22-12-13-25-26(17-22)36-29(30,31)35-25/h6-7,9-13,17,19,23-24,33H,1-2,5,8,14-16,18H2,3-4H3,(H,32,34)/b11-9-,21-10+/t19-,23+,24-/m0/s1. The average molecular weight is 500 g/mol. The lowest BCUT2D eigenvalue weighted by molar-refractivity contribution is -0.286. The molecule has 1 aliphatic heterocycles. The van der Waals surface area contributed by atoms with Crippen LogP contribution in [0.1, 0.15) is 51.5 Å². The van der Waals surface area contributed by atoms with Gasteiger partial charge in [0.1, 0.15) is 0 Å². The Hall–Kier alpha value is -3.19. The van der Waals surface area contributed by atoms with Crippen molar-refractivity contribution in [3.8, 4) is 11.5 Å². The number of aliphatic hydroxyl groups excluding tert-OH is 1. The third-order valence-corrected chi connectivity index (χ3v) is 6.92. The maximum atomic E-state index is 13.5. The van der Waals surface area contributed by atoms with Gasteiger partial charge in [0.05, 0.1) is 11.5 Å². The van der Waals surface area contributed by atoms with E-state index in [0.29, 0.717) is 30.4 Å². The molecule has 3 rings (SSSR count). The van der Waals surface area contributed by atoms with Crippen molar-refractivity contribution in [2.75, 3.05) is 0 Å². The van der Waals surface area contributed by atoms with E-state index in [0.717, 1.165) is 12.0 Å². The highest BCUT2D eigenvalue weighted by Crippen LogP contribution is 2.52. The Morgan fingerprint density at radius 2 is 1.92 bits per heavy atom. The maximum absolute atomic E-state index is 13.5. The minimum Gasteiger partial charge on any atom is -0.395 e. The predicted octanol–water partition coefficient (Wildman–Crippen LogP) is 6.12. The summed E-state index contributed by atoms with van der Waals surface area (Å²) < 4.78 is 36.0. The largest absolute Gasteiger partial charge is 0.586 e. The summed E-state index contributed by atoms with van der Waals surface area (Å²) in [5, 5.41) is 14.1. The molecule has 1 amide bonds. The van der Waals surface area contributed by atoms with Gasteiger partial charge in [0.2, 0.25) is 5.91 Å². The topological polar surface area (TPSA) is 67.8 Å². The number of nitrogens with one attached hydrogen (secondary N) is 1. The van der Waals surface area contributed by atoms with Crippen molar-refractivity contribution in [1.29, 1.82) is 0 Å². The molecule has 1 aromatic rings. The summed E-state index contributed by atoms with van der Waals surface area (Å²) in [6.07, 6.45) is 6.71. The molecule has 1 fully saturated rings. The van der Waals surface area contributed by atoms with Crippen molar-refractivity contribution in [2.45, 2.75) is 69.8 Å². The number of alkyl halides is 2. The summed E-state index contributed by atoms with van der Waals surface area (Å²) in [5.74, 6) is -0.0872. The Kier molecular flexibility index (Phi) is 8.56. The van der Waals surface area contributed by atoms with E-state index < -0.39 is 17.8 Å². The van der Waals surface area contributed by atoms with Crippen LogP contribution in [0.4, 0.5) is 8.78 Å². The van der Waals surface area contributed by atoms with Crippen LogP contribution in [0.5, 0.6) is 11.5 Å². The van der Waals surface area contributed by atoms with Gasteiger partial charge in [-0.3, -0.25) is 4.79 Å². The molecule has 2 aliphatic rings. The molecule has 5 nitrogen and oxygen atoms in total. The lowest BCUT2D eigenvalue weighted by Crippen LogP contribution is -2.43. The van der Waals surface area contributed by atoms with Gasteiger partial charge in [-0.15, -0.1) is 8.78 Å². The maximum Gasteiger partial charge on any atom is 0.586 e. The quantitative estimate of drug-likeness (QED) is 0.253. The molecule has 1 saturated carbocycles. The van der Waals surface area contributed by atoms with Crippen LogP contribution in [0, 0.1) is 5.92 Å². The molecule has 0 radical (unpaired) electrons. The van der Waals surface area contributed by atoms with Crippen LogP contribution in [0.3, 0.4) is 0 Å². The molecule has 0 bridgehead atoms. The Bertz CT molecular complexity index is 1070. The number of rotatable bonds is 13. The third-order valence-electron chi connectivity index (χ3n) is 6.92. The monoisotopic (exact) mass is 499 g/mol. The zero-order valence-corrected chi connectivity index (χ0v) is 20.9. The van der Waals surface area contributed by atoms with Gasteiger partial charge in [-0.2, -0.15) is 0 Å². The molecule has 0 aromatic heterocycles. The number of aliphatic hydroxyl groups is 1. The first-order chi connectivity index (χ1) is 17.0. The van der Waals surface area contributed by atoms with Gasteiger partial charge >= 0.3 is 6.29 Å². The van der Waals surface area contributed by atoms with E-state index in [9.17, 15) is 18.7 Å². The summed E-state index contributed by atoms with van der Waals surface area (Å²) in [6, 6.07) is 4.11. The van der Waals surface area contributed by atoms with Crippen molar-refractivity contribution >= 4 is 5.91 Å². The number of hydrogen-bond donors (Lipinski definition) is 2. The van der Waals surface area contributed by atoms with Crippen LogP contribution in [-0.4, -0.2) is 29.5 Å². The molecule has 3 atom stereocenters. The summed E-state index contributed by atoms with van der Waals surface area (Å²) in [5.41, 5.74) is 1.40. The van der Waals surface area contributed by atoms with E-state index in [2.05, 4.69) is 48.4 Å². The van der Waals surface area contributed by atoms with Crippen molar-refractivity contribution in [3.63, 3.8) is 0 Å². The fourth-order valence-electron chi connectivity index (χ4n) is 4.34. The molecule has 2 N–H and O–H groups in total. The first-order valence-electron chi connectivity index (χ1n) is 12.2. The second kappa shape index (κ2) is 11.2. The molecule has 0 unspecified atom stereocenters. The molecule has 194 valence electrons. The number of benzene rings is 1. The molecule has 1 aliphatic carbocycles. The third kappa shape index (κ3) is 6.32. The number of halogens is 2. The summed E-state index contributed by atoms with van der Waals surface area (Å²) in [7, 11) is 0. The van der Waals surface area contributed by atoms with Crippen LogP contribution in [0.25, 0.3) is 0 Å². The lowest BCUT2D eigenvalue weighted by atomic mass is 9.89. The average Bonchev–Trinajstić information content (AvgIpc) is 3.58. The van der Waals surface area contributed by atoms with Gasteiger partial charge in [0.15, 0.2) is 11.5 Å². The van der Waals surface area contributed by atoms with Crippen molar-refractivity contribution in [3.05, 3.63) is 85.0 Å². The number of hydrogen-bond acceptors (Lipinski definition) is 4. The minimum atomic E-state index is -3.71. The number of carbonyl (C=O) groups is 1. The highest BCUT2D eigenvalue weighted by Gasteiger charge is 2.53. The Morgan fingerprint density at radius 1 is 1.22 bits per heavy atom. The number of amides is 1. The molecule has 0 spiro atoms. The minimum absolute atomic E-state index is 0.0556. The first-order valence-corrected chi connectivity index (χ1v) is 12.2. The molecule has 0 saturated heterocycles. The number of carbonyl (C=O) groups excluding carboxylic acids is 1. The molecule has 36 heavy (non-hydrogen) atoms. The molecule has 1 heterocycles. The predicted molar refractivity (Wildman–Crippen MR) is 137 cm³/mol. The Balaban J connectivity index is 1.80. The van der Waals surface area contributed by atoms with Crippen LogP contribution in [0.15, 0.2) is 79.5 Å². The van der Waals surface area contributed by atoms with Crippen molar-refractivity contribution in [1.82, 2.24) is 5.32 Å². The Labute approximate surface area is 211 Å². The van der Waals surface area contributed by atoms with Crippen LogP contribution in [0.2, 0.25) is 0 Å². The van der Waals surface area contributed by atoms with Gasteiger partial charge < -0.3 is 19.9 Å². The van der Waals surface area contributed by atoms with E-state index in [1.807, 2.05) is 0 Å². The normalized spacial score (nSPS) is 19.9. The zero-order valence-electron chi connectivity index (χ0n) is 20.9. The molecule has 7 heteroatoms. The fraction of sp³-hybridized carbons (Fsp3) is 0.414. The van der Waals surface area contributed by atoms with Crippen LogP contribution >= 0.6 is 0 Å². The Morgan fingerprint density at radius 3 is 2.53 bits per heavy atom. The second-order valence-corrected chi connectivity index (χ2v) is 9.50. The van der Waals surface area contributed by atoms with Crippen molar-refractivity contribution in [2.24, 2.45) is 5.92 Å². The number of allylic oxidation sites excluding steroid dienone is 4. The first kappa shape index (κ1) is 27.4. The fourth-order valence-corrected chi connectivity index (χ4v) is 4.34. The van der Waals surface area contributed by atoms with Crippen LogP contribution < -0.4 is 14.8 Å². The van der Waals surface area contributed by atoms with Gasteiger partial charge in [-0.05, 0) is 61.3 Å². The van der Waals surface area contributed by atoms with Gasteiger partial charge in [0, 0.05) is 6.04 Å². The van der Waals surface area contributed by atoms with Gasteiger partial charge in [0.25, 0.3) is 0 Å². The SMILES string of the molecule is C=C/C=C\C(=C/C=C)[C@@H](O)C[C@@H](CC(=C)[C@@H](C)CC)NC(=O)C1(c2ccc3c(c2)OC(F)(F)O3)CC1. The van der Waals surface area contributed by atoms with E-state index in [1.54, 1.807) is 36.4 Å². The van der Waals surface area contributed by atoms with Gasteiger partial charge in [-0.25, -0.2) is 0 Å². The van der Waals surface area contributed by atoms with E-state index in [1.165, 1.54) is 12.1 Å². The summed E-state index contributed by atoms with van der Waals surface area (Å²) in [6.45, 7) is 15.7. The lowest BCUT2D eigenvalue weighted by Gasteiger charge is -2.27. The number of ether oxygens (including phenoxy) is 2. The highest BCUT2D eigenvalue weighted by molar-refractivity contribution is 5.91. The molecular weight excluding hydrogens is 464 g/mol. The summed E-state index contributed by atoms with van der Waals surface area (Å²) in [4.78, 5) is 13.5. The molecular formula is C29H35F2NO4. The smallest absolute Gasteiger partial charge is 0.395 e.